The average molecular weight is 1730 g/mol. The summed E-state index contributed by atoms with van der Waals surface area (Å²) in [5, 5.41) is 39.4. The van der Waals surface area contributed by atoms with E-state index in [2.05, 4.69) is 31.9 Å². The van der Waals surface area contributed by atoms with Crippen LogP contribution in [0.25, 0.3) is 0 Å². The third kappa shape index (κ3) is 32.5. The number of aliphatic hydroxyl groups excluding tert-OH is 2. The number of rotatable bonds is 33. The first-order valence-electron chi connectivity index (χ1n) is 43.6. The Labute approximate surface area is 723 Å². The molecular formula is C87H150N14O21. The molecule has 1 aliphatic carbocycles. The first-order chi connectivity index (χ1) is 56.9. The molecule has 15 amide bonds. The summed E-state index contributed by atoms with van der Waals surface area (Å²) in [6, 6.07) is -13.9. The van der Waals surface area contributed by atoms with Gasteiger partial charge in [0.2, 0.25) is 88.6 Å². The molecule has 0 aromatic carbocycles. The first kappa shape index (κ1) is 108. The molecule has 3 aliphatic rings. The largest absolute Gasteiger partial charge is 0.392 e. The van der Waals surface area contributed by atoms with Crippen molar-refractivity contribution in [3.8, 4) is 0 Å². The number of hydrogen-bond donors (Lipinski definition) is 8. The Morgan fingerprint density at radius 1 is 0.492 bits per heavy atom. The van der Waals surface area contributed by atoms with E-state index in [0.717, 1.165) is 26.0 Å². The van der Waals surface area contributed by atoms with E-state index in [9.17, 15) is 63.0 Å². The molecule has 8 N–H and O–H groups in total. The predicted octanol–water partition coefficient (Wildman–Crippen LogP) is 2.30. The van der Waals surface area contributed by atoms with Gasteiger partial charge in [-0.25, -0.2) is 0 Å². The van der Waals surface area contributed by atoms with E-state index in [1.807, 2.05) is 69.2 Å². The smallest absolute Gasteiger partial charge is 0.247 e. The molecule has 16 atom stereocenters. The zero-order valence-electron chi connectivity index (χ0n) is 77.5. The minimum Gasteiger partial charge on any atom is -0.392 e. The molecule has 0 aromatic heterocycles. The molecule has 3 fully saturated rings. The Morgan fingerprint density at radius 2 is 0.967 bits per heavy atom. The summed E-state index contributed by atoms with van der Waals surface area (Å²) >= 11 is 0. The van der Waals surface area contributed by atoms with E-state index in [-0.39, 0.29) is 139 Å². The van der Waals surface area contributed by atoms with Gasteiger partial charge in [-0.2, -0.15) is 0 Å². The number of ketones is 1. The zero-order valence-corrected chi connectivity index (χ0v) is 77.5. The molecule has 122 heavy (non-hydrogen) atoms. The molecule has 0 aromatic rings. The third-order valence-electron chi connectivity index (χ3n) is 23.1. The van der Waals surface area contributed by atoms with Crippen molar-refractivity contribution in [2.75, 3.05) is 115 Å². The second-order valence-corrected chi connectivity index (χ2v) is 36.3. The Morgan fingerprint density at radius 3 is 1.48 bits per heavy atom. The van der Waals surface area contributed by atoms with E-state index in [1.165, 1.54) is 75.9 Å². The van der Waals surface area contributed by atoms with Gasteiger partial charge in [0.1, 0.15) is 79.4 Å². The van der Waals surface area contributed by atoms with E-state index < -0.39 is 217 Å². The van der Waals surface area contributed by atoms with Gasteiger partial charge in [0.15, 0.2) is 0 Å². The molecular weight excluding hydrogens is 1580 g/mol. The van der Waals surface area contributed by atoms with Crippen LogP contribution in [0.1, 0.15) is 195 Å². The number of hydrogen-bond acceptors (Lipinski definition) is 21. The quantitative estimate of drug-likeness (QED) is 0.0265. The molecule has 1 saturated carbocycles. The van der Waals surface area contributed by atoms with Crippen molar-refractivity contribution >= 4 is 94.4 Å². The van der Waals surface area contributed by atoms with Gasteiger partial charge in [-0.05, 0) is 125 Å². The fourth-order valence-corrected chi connectivity index (χ4v) is 15.9. The van der Waals surface area contributed by atoms with Crippen LogP contribution in [0.5, 0.6) is 0 Å². The van der Waals surface area contributed by atoms with E-state index >= 15 is 24.0 Å². The van der Waals surface area contributed by atoms with Crippen molar-refractivity contribution in [1.82, 2.24) is 71.1 Å². The summed E-state index contributed by atoms with van der Waals surface area (Å²) in [7, 11) is 9.56. The number of likely N-dealkylation sites (tertiary alicyclic amines) is 1. The second-order valence-electron chi connectivity index (χ2n) is 36.3. The highest BCUT2D eigenvalue weighted by Gasteiger charge is 2.47. The summed E-state index contributed by atoms with van der Waals surface area (Å²) in [4.78, 5) is 239. The summed E-state index contributed by atoms with van der Waals surface area (Å²) in [5.41, 5.74) is 0. The average Bonchev–Trinajstić information content (AvgIpc) is 0.795. The van der Waals surface area contributed by atoms with Crippen LogP contribution in [-0.4, -0.2) is 332 Å². The highest BCUT2D eigenvalue weighted by molar-refractivity contribution is 6.02. The van der Waals surface area contributed by atoms with Crippen LogP contribution in [0.4, 0.5) is 0 Å². The number of nitrogens with zero attached hydrogens (tertiary/aromatic N) is 8. The predicted molar refractivity (Wildman–Crippen MR) is 457 cm³/mol. The Kier molecular flexibility index (Phi) is 45.6. The molecule has 0 radical (unpaired) electrons. The maximum absolute atomic E-state index is 15.5. The van der Waals surface area contributed by atoms with E-state index in [1.54, 1.807) is 60.6 Å². The monoisotopic (exact) mass is 1730 g/mol. The number of piperidine rings is 1. The van der Waals surface area contributed by atoms with Crippen LogP contribution in [0.3, 0.4) is 0 Å². The highest BCUT2D eigenvalue weighted by Crippen LogP contribution is 2.36. The number of carbonyl (C=O) groups is 16. The molecule has 35 nitrogen and oxygen atoms in total. The maximum Gasteiger partial charge on any atom is 0.247 e. The maximum atomic E-state index is 15.5. The SMILES string of the molecule is CC=CCC(C)C(O)C1C(=O)NC(CC)C(=O)N(C)CC(=O)N(C)C(CC(C)C)C(=O)NC(C(C)C)C(=O)N(C)C(CC(C)C)C(=O)NC(C)C(=O)NC(COCC(=O)NCCOCCOCCNC(=O)CN2C(=O)CC(CC(O)C3CC(C)CC(C)C3=O)CC2=O)C(=O)N(C)C(CC(C)C)C(=O)N(C)C(CC(C)C)C(=O)N(C)C(C(C)C)C(=O)N1C. The summed E-state index contributed by atoms with van der Waals surface area (Å²) in [6.07, 6.45) is 2.78. The van der Waals surface area contributed by atoms with Crippen molar-refractivity contribution in [1.29, 1.82) is 0 Å². The number of likely N-dealkylation sites (N-methyl/N-ethyl adjacent to an activating group) is 7. The standard InChI is InChI=1S/C87H150N14O21/c1-26-28-29-56(16)77(109)75-81(113)91-61(27-2)82(114)94(19)46-72(107)95(20)63(36-49(3)4)80(112)93-73(53(11)12)86(118)96(21)64(37-50(5)6)79(111)90-58(18)78(110)92-62(83(115)97(22)65(38-51(7)8)84(116)98(23)66(39-52(9)10)85(117)99(24)74(54(13)14)87(119)100(75)25)47-122-48-69(104)89-31-33-121-35-34-120-32-30-88-68(103)45-101-70(105)43-59(44-71(101)106)42-67(102)60-41-55(15)40-57(17)76(60)108/h26,28,49-67,73-75,77,102,109H,27,29-48H2,1-25H3,(H,88,103)(H,89,104)(H,90,111)(H,91,113)(H,92,110)(H,93,112). The number of allylic oxidation sites excluding steroid dienone is 2. The van der Waals surface area contributed by atoms with Crippen LogP contribution in [0.2, 0.25) is 0 Å². The fourth-order valence-electron chi connectivity index (χ4n) is 15.9. The number of nitrogens with one attached hydrogen (secondary N) is 6. The van der Waals surface area contributed by atoms with Gasteiger partial charge < -0.3 is 90.6 Å². The van der Waals surface area contributed by atoms with E-state index in [4.69, 9.17) is 14.2 Å². The van der Waals surface area contributed by atoms with Gasteiger partial charge in [-0.15, -0.1) is 0 Å². The lowest BCUT2D eigenvalue weighted by Gasteiger charge is -2.41. The number of aliphatic hydroxyl groups is 2. The molecule has 0 bridgehead atoms. The molecule has 2 aliphatic heterocycles. The minimum absolute atomic E-state index is 0.00147. The number of Topliss-reactive ketones (excluding diaryl/α,β-unsaturated/α-hetero) is 1. The van der Waals surface area contributed by atoms with Crippen LogP contribution < -0.4 is 31.9 Å². The molecule has 2 heterocycles. The van der Waals surface area contributed by atoms with Crippen molar-refractivity contribution < 1.29 is 101 Å². The normalized spacial score (nSPS) is 26.1. The number of ether oxygens (including phenoxy) is 3. The van der Waals surface area contributed by atoms with Gasteiger partial charge in [-0.3, -0.25) is 81.6 Å². The molecule has 2 saturated heterocycles. The third-order valence-corrected chi connectivity index (χ3v) is 23.1. The summed E-state index contributed by atoms with van der Waals surface area (Å²) < 4.78 is 17.1. The lowest BCUT2D eigenvalue weighted by molar-refractivity contribution is -0.157. The molecule has 3 rings (SSSR count). The first-order valence-corrected chi connectivity index (χ1v) is 43.6. The van der Waals surface area contributed by atoms with Crippen LogP contribution in [-0.2, 0) is 90.9 Å². The zero-order chi connectivity index (χ0) is 92.8. The van der Waals surface area contributed by atoms with Gasteiger partial charge >= 0.3 is 0 Å². The van der Waals surface area contributed by atoms with Crippen molar-refractivity contribution in [3.63, 3.8) is 0 Å². The van der Waals surface area contributed by atoms with Crippen LogP contribution in [0.15, 0.2) is 12.2 Å². The van der Waals surface area contributed by atoms with Gasteiger partial charge in [0.25, 0.3) is 0 Å². The summed E-state index contributed by atoms with van der Waals surface area (Å²) in [5.74, 6) is -14.7. The van der Waals surface area contributed by atoms with Gasteiger partial charge in [0, 0.05) is 87.1 Å². The molecule has 35 heteroatoms. The number of imide groups is 1. The Hall–Kier alpha value is -8.54. The molecule has 16 unspecified atom stereocenters. The van der Waals surface area contributed by atoms with Crippen molar-refractivity contribution in [2.24, 2.45) is 65.1 Å². The molecule has 0 spiro atoms. The van der Waals surface area contributed by atoms with Gasteiger partial charge in [-0.1, -0.05) is 123 Å². The van der Waals surface area contributed by atoms with Crippen molar-refractivity contribution in [2.45, 2.75) is 268 Å². The lowest BCUT2D eigenvalue weighted by Crippen LogP contribution is -2.63. The topological polar surface area (TPSA) is 439 Å². The van der Waals surface area contributed by atoms with E-state index in [0.29, 0.717) is 6.42 Å². The Bertz CT molecular complexity index is 3540. The second kappa shape index (κ2) is 51.7. The Balaban J connectivity index is 2.02. The molecule has 694 valence electrons. The fraction of sp³-hybridized carbons (Fsp3) is 0.793. The minimum atomic E-state index is -1.68. The lowest BCUT2D eigenvalue weighted by atomic mass is 9.71. The summed E-state index contributed by atoms with van der Waals surface area (Å²) in [6.45, 7) is 29.4. The van der Waals surface area contributed by atoms with Crippen LogP contribution in [0, 0.1) is 65.1 Å². The van der Waals surface area contributed by atoms with Crippen LogP contribution >= 0.6 is 0 Å². The van der Waals surface area contributed by atoms with Crippen molar-refractivity contribution in [3.05, 3.63) is 12.2 Å². The van der Waals surface area contributed by atoms with Gasteiger partial charge in [0.05, 0.1) is 51.8 Å². The highest BCUT2D eigenvalue weighted by atomic mass is 16.5. The number of carbonyl (C=O) groups excluding carboxylic acids is 16. The number of amides is 15.